The SMILES string of the molecule is F[B-](F)(F)Cc1ccccc1.O=C([O-])O.[Cs+].[K+]. The van der Waals surface area contributed by atoms with E-state index in [0.29, 0.717) is 5.56 Å². The van der Waals surface area contributed by atoms with Gasteiger partial charge in [0.1, 0.15) is 0 Å². The molecule has 0 bridgehead atoms. The molecule has 0 saturated heterocycles. The topological polar surface area (TPSA) is 60.4 Å². The molecule has 84 valence electrons. The molecule has 17 heavy (non-hydrogen) atoms. The Hall–Kier alpha value is 2.03. The summed E-state index contributed by atoms with van der Waals surface area (Å²) in [4.78, 5) is 8.44. The van der Waals surface area contributed by atoms with Gasteiger partial charge >= 0.3 is 127 Å². The summed E-state index contributed by atoms with van der Waals surface area (Å²) >= 11 is 0. The van der Waals surface area contributed by atoms with Gasteiger partial charge < -0.3 is 28.0 Å². The molecule has 0 aromatic heterocycles. The van der Waals surface area contributed by atoms with E-state index in [0.717, 1.165) is 0 Å². The number of hydrogen-bond acceptors (Lipinski definition) is 2. The van der Waals surface area contributed by atoms with Gasteiger partial charge in [0.25, 0.3) is 0 Å². The summed E-state index contributed by atoms with van der Waals surface area (Å²) < 4.78 is 35.4. The molecule has 1 aromatic rings. The normalized spacial score (nSPS) is 8.88. The van der Waals surface area contributed by atoms with E-state index in [1.54, 1.807) is 18.2 Å². The van der Waals surface area contributed by atoms with E-state index in [-0.39, 0.29) is 120 Å². The molecule has 1 N–H and O–H groups in total. The Balaban J connectivity index is -0.000000289. The molecule has 0 aliphatic carbocycles. The van der Waals surface area contributed by atoms with Crippen LogP contribution >= 0.6 is 0 Å². The van der Waals surface area contributed by atoms with Crippen LogP contribution in [0.4, 0.5) is 17.7 Å². The van der Waals surface area contributed by atoms with E-state index >= 15 is 0 Å². The summed E-state index contributed by atoms with van der Waals surface area (Å²) in [6, 6.07) is 7.88. The van der Waals surface area contributed by atoms with Crippen molar-refractivity contribution in [2.75, 3.05) is 0 Å². The van der Waals surface area contributed by atoms with E-state index < -0.39 is 19.5 Å². The summed E-state index contributed by atoms with van der Waals surface area (Å²) in [6.45, 7) is -4.68. The molecule has 3 nitrogen and oxygen atoms in total. The smallest absolute Gasteiger partial charge is 0.565 e. The molecule has 0 fully saturated rings. The third-order valence-corrected chi connectivity index (χ3v) is 1.31. The fourth-order valence-electron chi connectivity index (χ4n) is 0.881. The standard InChI is InChI=1S/C7H7BF3.CH2O3.Cs.K/c9-8(10,11)6-7-4-2-1-3-5-7;2-1(3)4;;/h1-5H,6H2;(H2,2,3,4);;/q-1;;2*+1/p-1. The quantitative estimate of drug-likeness (QED) is 0.517. The molecule has 0 heterocycles. The predicted molar refractivity (Wildman–Crippen MR) is 47.2 cm³/mol. The summed E-state index contributed by atoms with van der Waals surface area (Å²) in [5.41, 5.74) is 0.333. The average Bonchev–Trinajstić information content (AvgIpc) is 2.01. The van der Waals surface area contributed by atoms with Gasteiger partial charge in [-0.1, -0.05) is 42.2 Å². The molecular weight excluding hydrogens is 384 g/mol. The van der Waals surface area contributed by atoms with Crippen molar-refractivity contribution in [2.45, 2.75) is 6.32 Å². The zero-order chi connectivity index (χ0) is 11.9. The first-order chi connectivity index (χ1) is 6.81. The van der Waals surface area contributed by atoms with Crippen LogP contribution in [0.3, 0.4) is 0 Å². The minimum atomic E-state index is -4.68. The van der Waals surface area contributed by atoms with Crippen molar-refractivity contribution in [3.05, 3.63) is 35.9 Å². The van der Waals surface area contributed by atoms with Crippen LogP contribution in [0.1, 0.15) is 5.56 Å². The van der Waals surface area contributed by atoms with Gasteiger partial charge in [-0.3, -0.25) is 0 Å². The van der Waals surface area contributed by atoms with Crippen molar-refractivity contribution in [1.29, 1.82) is 0 Å². The summed E-state index contributed by atoms with van der Waals surface area (Å²) in [5, 5.41) is 15.3. The van der Waals surface area contributed by atoms with Gasteiger partial charge in [0, 0.05) is 0 Å². The van der Waals surface area contributed by atoms with Crippen LogP contribution in [0.5, 0.6) is 0 Å². The number of carboxylic acid groups (broad SMARTS) is 2. The Kier molecular flexibility index (Phi) is 18.5. The fourth-order valence-corrected chi connectivity index (χ4v) is 0.881. The van der Waals surface area contributed by atoms with Gasteiger partial charge in [0.15, 0.2) is 0 Å². The second-order valence-electron chi connectivity index (χ2n) is 2.67. The van der Waals surface area contributed by atoms with Crippen LogP contribution in [0, 0.1) is 0 Å². The van der Waals surface area contributed by atoms with Gasteiger partial charge in [-0.15, -0.1) is 0 Å². The Labute approximate surface area is 198 Å². The van der Waals surface area contributed by atoms with Gasteiger partial charge in [0.05, 0.1) is 0 Å². The maximum absolute atomic E-state index is 11.8. The first-order valence-corrected chi connectivity index (χ1v) is 3.96. The average molecular weight is 392 g/mol. The first-order valence-electron chi connectivity index (χ1n) is 3.96. The molecule has 1 rings (SSSR count). The number of hydrogen-bond donors (Lipinski definition) is 1. The van der Waals surface area contributed by atoms with Crippen LogP contribution < -0.4 is 125 Å². The van der Waals surface area contributed by atoms with Crippen molar-refractivity contribution < 1.29 is 148 Å². The van der Waals surface area contributed by atoms with Crippen molar-refractivity contribution >= 4 is 13.1 Å². The Bertz CT molecular complexity index is 307. The number of halogens is 3. The molecule has 0 aliphatic heterocycles. The monoisotopic (exact) mass is 392 g/mol. The Morgan fingerprint density at radius 3 is 1.88 bits per heavy atom. The van der Waals surface area contributed by atoms with Crippen LogP contribution in [0.2, 0.25) is 0 Å². The van der Waals surface area contributed by atoms with E-state index in [1.807, 2.05) is 0 Å². The fraction of sp³-hybridized carbons (Fsp3) is 0.125. The predicted octanol–water partition coefficient (Wildman–Crippen LogP) is -4.49. The van der Waals surface area contributed by atoms with Crippen molar-refractivity contribution in [3.8, 4) is 0 Å². The van der Waals surface area contributed by atoms with Crippen LogP contribution in [0.25, 0.3) is 0 Å². The number of benzene rings is 1. The van der Waals surface area contributed by atoms with Crippen molar-refractivity contribution in [2.24, 2.45) is 0 Å². The molecule has 9 heteroatoms. The van der Waals surface area contributed by atoms with Gasteiger partial charge in [-0.2, -0.15) is 0 Å². The summed E-state index contributed by atoms with van der Waals surface area (Å²) in [6.07, 6.45) is -2.86. The van der Waals surface area contributed by atoms with E-state index in [2.05, 4.69) is 0 Å². The zero-order valence-corrected chi connectivity index (χ0v) is 19.0. The molecule has 0 radical (unpaired) electrons. The molecule has 0 aliphatic rings. The number of rotatable bonds is 2. The summed E-state index contributed by atoms with van der Waals surface area (Å²) in [7, 11) is 0. The van der Waals surface area contributed by atoms with Gasteiger partial charge in [-0.05, 0) is 0 Å². The molecule has 0 unspecified atom stereocenters. The van der Waals surface area contributed by atoms with E-state index in [4.69, 9.17) is 15.0 Å². The maximum Gasteiger partial charge on any atom is 1.00 e. The minimum Gasteiger partial charge on any atom is -0.565 e. The zero-order valence-electron chi connectivity index (χ0n) is 9.57. The third kappa shape index (κ3) is 20.5. The largest absolute Gasteiger partial charge is 1.00 e. The van der Waals surface area contributed by atoms with Crippen LogP contribution in [-0.2, 0) is 6.32 Å². The van der Waals surface area contributed by atoms with Gasteiger partial charge in [-0.25, -0.2) is 0 Å². The molecule has 0 saturated carbocycles. The van der Waals surface area contributed by atoms with Crippen molar-refractivity contribution in [3.63, 3.8) is 0 Å². The Morgan fingerprint density at radius 1 is 1.24 bits per heavy atom. The van der Waals surface area contributed by atoms with Gasteiger partial charge in [0.2, 0.25) is 6.16 Å². The molecular formula is C8H8BCsF3KO3. The summed E-state index contributed by atoms with van der Waals surface area (Å²) in [5.74, 6) is 0. The first kappa shape index (κ1) is 24.1. The number of carbonyl (C=O) groups is 1. The molecule has 1 aromatic carbocycles. The van der Waals surface area contributed by atoms with Crippen LogP contribution in [0.15, 0.2) is 30.3 Å². The minimum absolute atomic E-state index is 0. The maximum atomic E-state index is 11.8. The second-order valence-corrected chi connectivity index (χ2v) is 2.67. The van der Waals surface area contributed by atoms with E-state index in [9.17, 15) is 12.9 Å². The molecule has 0 spiro atoms. The molecule has 0 atom stereocenters. The molecule has 0 amide bonds. The second kappa shape index (κ2) is 13.0. The Morgan fingerprint density at radius 2 is 1.59 bits per heavy atom. The van der Waals surface area contributed by atoms with Crippen molar-refractivity contribution in [1.82, 2.24) is 0 Å². The third-order valence-electron chi connectivity index (χ3n) is 1.31. The van der Waals surface area contributed by atoms with Crippen LogP contribution in [-0.4, -0.2) is 18.2 Å². The van der Waals surface area contributed by atoms with E-state index in [1.165, 1.54) is 12.1 Å².